The Morgan fingerprint density at radius 3 is 3.21 bits per heavy atom. The molecule has 19 heavy (non-hydrogen) atoms. The van der Waals surface area contributed by atoms with Crippen LogP contribution in [0.25, 0.3) is 0 Å². The monoisotopic (exact) mass is 278 g/mol. The van der Waals surface area contributed by atoms with Crippen molar-refractivity contribution >= 4 is 23.5 Å². The lowest BCUT2D eigenvalue weighted by Crippen LogP contribution is -2.23. The van der Waals surface area contributed by atoms with Crippen LogP contribution in [0.1, 0.15) is 26.2 Å². The number of unbranched alkanes of at least 4 members (excludes halogenated alkanes) is 1. The Balaban J connectivity index is 2.50. The second kappa shape index (κ2) is 9.16. The number of aromatic nitrogens is 2. The molecule has 0 atom stereocenters. The van der Waals surface area contributed by atoms with Gasteiger partial charge in [0.1, 0.15) is 5.82 Å². The number of hydrogen-bond donors (Lipinski definition) is 2. The molecule has 0 aliphatic carbocycles. The third-order valence-corrected chi connectivity index (χ3v) is 3.01. The van der Waals surface area contributed by atoms with E-state index in [-0.39, 0.29) is 0 Å². The molecule has 0 unspecified atom stereocenters. The van der Waals surface area contributed by atoms with Gasteiger partial charge in [0.05, 0.1) is 6.07 Å². The number of rotatable bonds is 7. The van der Waals surface area contributed by atoms with Crippen molar-refractivity contribution in [1.29, 1.82) is 5.26 Å². The first-order chi connectivity index (χ1) is 9.26. The van der Waals surface area contributed by atoms with E-state index in [0.29, 0.717) is 29.9 Å². The Morgan fingerprint density at radius 1 is 1.63 bits per heavy atom. The molecule has 7 heteroatoms. The molecular weight excluding hydrogens is 260 g/mol. The zero-order valence-electron chi connectivity index (χ0n) is 11.0. The third-order valence-electron chi connectivity index (χ3n) is 2.06. The van der Waals surface area contributed by atoms with E-state index in [9.17, 15) is 0 Å². The lowest BCUT2D eigenvalue weighted by Gasteiger charge is -2.05. The molecule has 0 fully saturated rings. The largest absolute Gasteiger partial charge is 0.370 e. The van der Waals surface area contributed by atoms with Gasteiger partial charge in [-0.15, -0.1) is 0 Å². The lowest BCUT2D eigenvalue weighted by molar-refractivity contribution is 0.926. The van der Waals surface area contributed by atoms with Gasteiger partial charge in [-0.05, 0) is 18.9 Å². The number of thioether (sulfide) groups is 1. The summed E-state index contributed by atoms with van der Waals surface area (Å²) in [6.07, 6.45) is 4.02. The molecule has 102 valence electrons. The molecule has 0 saturated heterocycles. The highest BCUT2D eigenvalue weighted by atomic mass is 32.2. The van der Waals surface area contributed by atoms with Crippen LogP contribution >= 0.6 is 11.8 Å². The molecule has 0 saturated carbocycles. The van der Waals surface area contributed by atoms with Crippen molar-refractivity contribution < 1.29 is 0 Å². The molecule has 0 bridgehead atoms. The highest BCUT2D eigenvalue weighted by Gasteiger charge is 2.01. The number of nitrogens with two attached hydrogens (primary N) is 1. The number of aliphatic imine (C=N–C) groups is 1. The maximum atomic E-state index is 8.45. The molecule has 0 radical (unpaired) electrons. The van der Waals surface area contributed by atoms with Gasteiger partial charge >= 0.3 is 0 Å². The smallest absolute Gasteiger partial charge is 0.194 e. The highest BCUT2D eigenvalue weighted by Crippen LogP contribution is 2.15. The van der Waals surface area contributed by atoms with Crippen molar-refractivity contribution in [2.24, 2.45) is 10.7 Å². The fraction of sp³-hybridized carbons (Fsp3) is 0.500. The minimum absolute atomic E-state index is 0.362. The normalized spacial score (nSPS) is 11.1. The van der Waals surface area contributed by atoms with Crippen molar-refractivity contribution in [1.82, 2.24) is 9.97 Å². The standard InChI is InChI=1S/C12H18N6S/c1-2-7-15-11(14)17-10-5-8-16-12(18-10)19-9-4-3-6-13/h5,8H,2-4,7,9H2,1H3,(H3,14,15,16,17,18). The number of anilines is 1. The van der Waals surface area contributed by atoms with Crippen LogP contribution in [0.2, 0.25) is 0 Å². The summed E-state index contributed by atoms with van der Waals surface area (Å²) < 4.78 is 0. The predicted octanol–water partition coefficient (Wildman–Crippen LogP) is 2.01. The first kappa shape index (κ1) is 15.2. The van der Waals surface area contributed by atoms with Crippen molar-refractivity contribution in [2.45, 2.75) is 31.3 Å². The maximum absolute atomic E-state index is 8.45. The van der Waals surface area contributed by atoms with Gasteiger partial charge in [-0.25, -0.2) is 9.97 Å². The van der Waals surface area contributed by atoms with Crippen LogP contribution in [0.15, 0.2) is 22.4 Å². The average Bonchev–Trinajstić information content (AvgIpc) is 2.42. The van der Waals surface area contributed by atoms with Crippen molar-refractivity contribution in [3.63, 3.8) is 0 Å². The van der Waals surface area contributed by atoms with E-state index in [1.54, 1.807) is 12.3 Å². The zero-order chi connectivity index (χ0) is 13.9. The minimum atomic E-state index is 0.362. The van der Waals surface area contributed by atoms with E-state index < -0.39 is 0 Å². The fourth-order valence-electron chi connectivity index (χ4n) is 1.20. The molecule has 0 aromatic carbocycles. The summed E-state index contributed by atoms with van der Waals surface area (Å²) >= 11 is 1.53. The summed E-state index contributed by atoms with van der Waals surface area (Å²) in [4.78, 5) is 12.6. The minimum Gasteiger partial charge on any atom is -0.370 e. The Kier molecular flexibility index (Phi) is 7.35. The summed E-state index contributed by atoms with van der Waals surface area (Å²) in [7, 11) is 0. The van der Waals surface area contributed by atoms with Gasteiger partial charge in [-0.3, -0.25) is 4.99 Å². The maximum Gasteiger partial charge on any atom is 0.194 e. The Bertz CT molecular complexity index is 454. The molecule has 1 rings (SSSR count). The van der Waals surface area contributed by atoms with Crippen LogP contribution in [-0.2, 0) is 0 Å². The summed E-state index contributed by atoms with van der Waals surface area (Å²) in [5, 5.41) is 12.1. The summed E-state index contributed by atoms with van der Waals surface area (Å²) in [5.74, 6) is 1.83. The van der Waals surface area contributed by atoms with Crippen LogP contribution in [-0.4, -0.2) is 28.2 Å². The lowest BCUT2D eigenvalue weighted by atomic mass is 10.4. The molecule has 0 spiro atoms. The molecule has 3 N–H and O–H groups in total. The van der Waals surface area contributed by atoms with Crippen LogP contribution < -0.4 is 11.1 Å². The number of nitriles is 1. The van der Waals surface area contributed by atoms with E-state index in [2.05, 4.69) is 26.3 Å². The Labute approximate surface area is 117 Å². The van der Waals surface area contributed by atoms with Crippen LogP contribution in [0.5, 0.6) is 0 Å². The van der Waals surface area contributed by atoms with Gasteiger partial charge < -0.3 is 11.1 Å². The number of nitrogens with one attached hydrogen (secondary N) is 1. The summed E-state index contributed by atoms with van der Waals surface area (Å²) in [6.45, 7) is 2.73. The summed E-state index contributed by atoms with van der Waals surface area (Å²) in [6, 6.07) is 3.86. The predicted molar refractivity (Wildman–Crippen MR) is 78.0 cm³/mol. The average molecular weight is 278 g/mol. The van der Waals surface area contributed by atoms with Gasteiger partial charge in [0.2, 0.25) is 0 Å². The van der Waals surface area contributed by atoms with Gasteiger partial charge in [0.15, 0.2) is 11.1 Å². The summed E-state index contributed by atoms with van der Waals surface area (Å²) in [5.41, 5.74) is 5.72. The number of guanidine groups is 1. The zero-order valence-corrected chi connectivity index (χ0v) is 11.8. The van der Waals surface area contributed by atoms with Gasteiger partial charge in [0, 0.05) is 24.9 Å². The van der Waals surface area contributed by atoms with Crippen molar-refractivity contribution in [2.75, 3.05) is 17.6 Å². The highest BCUT2D eigenvalue weighted by molar-refractivity contribution is 7.99. The van der Waals surface area contributed by atoms with Gasteiger partial charge in [-0.1, -0.05) is 18.7 Å². The second-order valence-corrected chi connectivity index (χ2v) is 4.79. The fourth-order valence-corrected chi connectivity index (χ4v) is 1.97. The first-order valence-corrected chi connectivity index (χ1v) is 7.14. The Morgan fingerprint density at radius 2 is 2.47 bits per heavy atom. The molecule has 0 aliphatic heterocycles. The molecule has 0 aliphatic rings. The molecule has 1 aromatic heterocycles. The molecule has 1 aromatic rings. The topological polar surface area (TPSA) is 100.0 Å². The van der Waals surface area contributed by atoms with E-state index in [1.807, 2.05) is 6.92 Å². The Hall–Kier alpha value is -1.81. The quantitative estimate of drug-likeness (QED) is 0.260. The van der Waals surface area contributed by atoms with Crippen molar-refractivity contribution in [3.8, 4) is 6.07 Å². The molecule has 0 amide bonds. The number of hydrogen-bond acceptors (Lipinski definition) is 5. The van der Waals surface area contributed by atoms with E-state index in [4.69, 9.17) is 11.0 Å². The van der Waals surface area contributed by atoms with Crippen LogP contribution in [0.4, 0.5) is 5.82 Å². The number of nitrogens with zero attached hydrogens (tertiary/aromatic N) is 4. The van der Waals surface area contributed by atoms with Crippen LogP contribution in [0.3, 0.4) is 0 Å². The molecular formula is C12H18N6S. The second-order valence-electron chi connectivity index (χ2n) is 3.73. The van der Waals surface area contributed by atoms with E-state index in [0.717, 1.165) is 18.6 Å². The van der Waals surface area contributed by atoms with Gasteiger partial charge in [-0.2, -0.15) is 5.26 Å². The SMILES string of the molecule is CCCN=C(N)Nc1ccnc(SCCCC#N)n1. The first-order valence-electron chi connectivity index (χ1n) is 6.16. The van der Waals surface area contributed by atoms with E-state index in [1.165, 1.54) is 11.8 Å². The molecule has 6 nitrogen and oxygen atoms in total. The van der Waals surface area contributed by atoms with Crippen LogP contribution in [0, 0.1) is 11.3 Å². The van der Waals surface area contributed by atoms with E-state index >= 15 is 0 Å². The van der Waals surface area contributed by atoms with Crippen molar-refractivity contribution in [3.05, 3.63) is 12.3 Å². The van der Waals surface area contributed by atoms with Gasteiger partial charge in [0.25, 0.3) is 0 Å². The molecule has 1 heterocycles. The third kappa shape index (κ3) is 6.62.